The Bertz CT molecular complexity index is 935. The number of H-pyrrole nitrogens is 1. The molecule has 0 unspecified atom stereocenters. The number of aromatic nitrogens is 1. The Hall–Kier alpha value is -2.11. The highest BCUT2D eigenvalue weighted by molar-refractivity contribution is 9.10. The van der Waals surface area contributed by atoms with E-state index in [1.54, 1.807) is 24.3 Å². The summed E-state index contributed by atoms with van der Waals surface area (Å²) in [6, 6.07) is 14.2. The summed E-state index contributed by atoms with van der Waals surface area (Å²) in [5, 5.41) is 4.16. The molecule has 0 radical (unpaired) electrons. The lowest BCUT2D eigenvalue weighted by molar-refractivity contribution is 0.0949. The monoisotopic (exact) mass is 390 g/mol. The van der Waals surface area contributed by atoms with Crippen LogP contribution in [0.2, 0.25) is 5.02 Å². The predicted molar refractivity (Wildman–Crippen MR) is 94.9 cm³/mol. The fourth-order valence-corrected chi connectivity index (χ4v) is 2.73. The molecular formula is C17H12BrClN2O2. The Labute approximate surface area is 145 Å². The van der Waals surface area contributed by atoms with Crippen LogP contribution in [0.15, 0.2) is 57.8 Å². The molecule has 2 N–H and O–H groups in total. The van der Waals surface area contributed by atoms with Crippen molar-refractivity contribution in [1.29, 1.82) is 0 Å². The number of amides is 1. The average molecular weight is 392 g/mol. The third-order valence-corrected chi connectivity index (χ3v) is 4.16. The van der Waals surface area contributed by atoms with Crippen molar-refractivity contribution >= 4 is 44.3 Å². The first-order valence-corrected chi connectivity index (χ1v) is 8.05. The van der Waals surface area contributed by atoms with Gasteiger partial charge in [-0.2, -0.15) is 0 Å². The Morgan fingerprint density at radius 3 is 2.61 bits per heavy atom. The van der Waals surface area contributed by atoms with E-state index in [9.17, 15) is 9.59 Å². The largest absolute Gasteiger partial charge is 0.348 e. The van der Waals surface area contributed by atoms with Crippen LogP contribution in [-0.2, 0) is 6.54 Å². The van der Waals surface area contributed by atoms with Gasteiger partial charge in [-0.3, -0.25) is 9.59 Å². The molecule has 1 amide bonds. The van der Waals surface area contributed by atoms with E-state index in [1.807, 2.05) is 24.3 Å². The second kappa shape index (κ2) is 6.56. The highest BCUT2D eigenvalue weighted by Crippen LogP contribution is 2.17. The van der Waals surface area contributed by atoms with Gasteiger partial charge >= 0.3 is 0 Å². The molecule has 0 bridgehead atoms. The maximum absolute atomic E-state index is 12.3. The third kappa shape index (κ3) is 3.63. The lowest BCUT2D eigenvalue weighted by atomic mass is 10.1. The summed E-state index contributed by atoms with van der Waals surface area (Å²) in [6.45, 7) is 0.325. The number of halogens is 2. The van der Waals surface area contributed by atoms with Gasteiger partial charge in [0.25, 0.3) is 11.5 Å². The van der Waals surface area contributed by atoms with Gasteiger partial charge in [0, 0.05) is 26.9 Å². The molecule has 23 heavy (non-hydrogen) atoms. The number of carbonyl (C=O) groups is 1. The van der Waals surface area contributed by atoms with Crippen molar-refractivity contribution in [3.8, 4) is 0 Å². The summed E-state index contributed by atoms with van der Waals surface area (Å²) in [7, 11) is 0. The summed E-state index contributed by atoms with van der Waals surface area (Å²) in [4.78, 5) is 27.1. The zero-order valence-corrected chi connectivity index (χ0v) is 14.2. The first kappa shape index (κ1) is 15.8. The molecule has 1 heterocycles. The Morgan fingerprint density at radius 1 is 1.13 bits per heavy atom. The lowest BCUT2D eigenvalue weighted by Crippen LogP contribution is -2.29. The third-order valence-electron chi connectivity index (χ3n) is 3.42. The molecule has 4 nitrogen and oxygen atoms in total. The van der Waals surface area contributed by atoms with Crippen molar-refractivity contribution in [2.24, 2.45) is 0 Å². The molecule has 0 saturated carbocycles. The second-order valence-electron chi connectivity index (χ2n) is 5.05. The first-order valence-electron chi connectivity index (χ1n) is 6.88. The lowest BCUT2D eigenvalue weighted by Gasteiger charge is -2.06. The van der Waals surface area contributed by atoms with E-state index < -0.39 is 11.5 Å². The Kier molecular flexibility index (Phi) is 4.50. The number of hydrogen-bond acceptors (Lipinski definition) is 2. The van der Waals surface area contributed by atoms with Gasteiger partial charge in [-0.05, 0) is 42.0 Å². The van der Waals surface area contributed by atoms with Crippen molar-refractivity contribution in [1.82, 2.24) is 10.3 Å². The van der Waals surface area contributed by atoms with Gasteiger partial charge in [0.05, 0.1) is 0 Å². The van der Waals surface area contributed by atoms with E-state index in [1.165, 1.54) is 0 Å². The van der Waals surface area contributed by atoms with E-state index in [2.05, 4.69) is 26.2 Å². The standard InChI is InChI=1S/C17H12BrClN2O2/c18-12-3-6-15-11(7-12)8-14(17(23)21-15)16(22)20-9-10-1-4-13(19)5-2-10/h1-8H,9H2,(H,20,22)(H,21,23). The van der Waals surface area contributed by atoms with E-state index >= 15 is 0 Å². The minimum Gasteiger partial charge on any atom is -0.348 e. The highest BCUT2D eigenvalue weighted by atomic mass is 79.9. The fourth-order valence-electron chi connectivity index (χ4n) is 2.23. The van der Waals surface area contributed by atoms with Crippen LogP contribution in [0.1, 0.15) is 15.9 Å². The highest BCUT2D eigenvalue weighted by Gasteiger charge is 2.11. The van der Waals surface area contributed by atoms with Crippen LogP contribution in [-0.4, -0.2) is 10.9 Å². The van der Waals surface area contributed by atoms with Gasteiger partial charge in [0.15, 0.2) is 0 Å². The number of pyridine rings is 1. The Morgan fingerprint density at radius 2 is 1.87 bits per heavy atom. The van der Waals surface area contributed by atoms with Crippen LogP contribution < -0.4 is 10.9 Å². The summed E-state index contributed by atoms with van der Waals surface area (Å²) in [6.07, 6.45) is 0. The van der Waals surface area contributed by atoms with Gasteiger partial charge in [-0.25, -0.2) is 0 Å². The smallest absolute Gasteiger partial charge is 0.261 e. The molecular weight excluding hydrogens is 380 g/mol. The summed E-state index contributed by atoms with van der Waals surface area (Å²) >= 11 is 9.20. The Balaban J connectivity index is 1.84. The zero-order valence-electron chi connectivity index (χ0n) is 11.9. The maximum Gasteiger partial charge on any atom is 0.261 e. The van der Waals surface area contributed by atoms with Crippen LogP contribution in [0.4, 0.5) is 0 Å². The minimum absolute atomic E-state index is 0.0876. The van der Waals surface area contributed by atoms with E-state index in [0.29, 0.717) is 17.1 Å². The quantitative estimate of drug-likeness (QED) is 0.712. The number of carbonyl (C=O) groups excluding carboxylic acids is 1. The number of benzene rings is 2. The van der Waals surface area contributed by atoms with E-state index in [-0.39, 0.29) is 5.56 Å². The number of aromatic amines is 1. The number of rotatable bonds is 3. The number of nitrogens with one attached hydrogen (secondary N) is 2. The van der Waals surface area contributed by atoms with Crippen LogP contribution in [0.25, 0.3) is 10.9 Å². The van der Waals surface area contributed by atoms with Crippen molar-refractivity contribution in [3.63, 3.8) is 0 Å². The molecule has 0 fully saturated rings. The van der Waals surface area contributed by atoms with Gasteiger partial charge in [-0.1, -0.05) is 39.7 Å². The molecule has 1 aromatic heterocycles. The molecule has 0 atom stereocenters. The molecule has 2 aromatic carbocycles. The average Bonchev–Trinajstić information content (AvgIpc) is 2.54. The molecule has 6 heteroatoms. The minimum atomic E-state index is -0.414. The molecule has 0 aliphatic rings. The number of fused-ring (bicyclic) bond motifs is 1. The van der Waals surface area contributed by atoms with Gasteiger partial charge in [0.2, 0.25) is 0 Å². The zero-order chi connectivity index (χ0) is 16.4. The molecule has 0 spiro atoms. The SMILES string of the molecule is O=C(NCc1ccc(Cl)cc1)c1cc2cc(Br)ccc2[nH]c1=O. The van der Waals surface area contributed by atoms with E-state index in [0.717, 1.165) is 15.4 Å². The van der Waals surface area contributed by atoms with Gasteiger partial charge in [-0.15, -0.1) is 0 Å². The van der Waals surface area contributed by atoms with Crippen LogP contribution in [0.5, 0.6) is 0 Å². The van der Waals surface area contributed by atoms with Crippen molar-refractivity contribution in [3.05, 3.63) is 79.5 Å². The fraction of sp³-hybridized carbons (Fsp3) is 0.0588. The first-order chi connectivity index (χ1) is 11.0. The van der Waals surface area contributed by atoms with Crippen LogP contribution in [0.3, 0.4) is 0 Å². The predicted octanol–water partition coefficient (Wildman–Crippen LogP) is 3.87. The molecule has 3 rings (SSSR count). The van der Waals surface area contributed by atoms with E-state index in [4.69, 9.17) is 11.6 Å². The van der Waals surface area contributed by atoms with Crippen molar-refractivity contribution in [2.45, 2.75) is 6.54 Å². The van der Waals surface area contributed by atoms with Gasteiger partial charge in [0.1, 0.15) is 5.56 Å². The molecule has 0 saturated heterocycles. The summed E-state index contributed by atoms with van der Waals surface area (Å²) < 4.78 is 0.879. The molecule has 0 aliphatic carbocycles. The van der Waals surface area contributed by atoms with Crippen molar-refractivity contribution in [2.75, 3.05) is 0 Å². The summed E-state index contributed by atoms with van der Waals surface area (Å²) in [5.41, 5.74) is 1.27. The van der Waals surface area contributed by atoms with Gasteiger partial charge < -0.3 is 10.3 Å². The van der Waals surface area contributed by atoms with Crippen LogP contribution >= 0.6 is 27.5 Å². The molecule has 116 valence electrons. The topological polar surface area (TPSA) is 62.0 Å². The van der Waals surface area contributed by atoms with Crippen molar-refractivity contribution < 1.29 is 4.79 Å². The van der Waals surface area contributed by atoms with Crippen LogP contribution in [0, 0.1) is 0 Å². The molecule has 0 aliphatic heterocycles. The second-order valence-corrected chi connectivity index (χ2v) is 6.40. The normalized spacial score (nSPS) is 10.7. The molecule has 3 aromatic rings. The summed E-state index contributed by atoms with van der Waals surface area (Å²) in [5.74, 6) is -0.414. The maximum atomic E-state index is 12.3. The number of hydrogen-bond donors (Lipinski definition) is 2.